The Morgan fingerprint density at radius 1 is 1.13 bits per heavy atom. The normalized spacial score (nSPS) is 24.9. The van der Waals surface area contributed by atoms with Crippen molar-refractivity contribution in [3.63, 3.8) is 0 Å². The second kappa shape index (κ2) is 10.1. The van der Waals surface area contributed by atoms with Gasteiger partial charge in [0.05, 0.1) is 11.6 Å². The van der Waals surface area contributed by atoms with Crippen molar-refractivity contribution in [3.8, 4) is 6.07 Å². The molecule has 1 heterocycles. The molecule has 2 fully saturated rings. The number of carbonyl (C=O) groups is 1. The topological polar surface area (TPSA) is 59.4 Å². The van der Waals surface area contributed by atoms with Crippen molar-refractivity contribution in [2.75, 3.05) is 37.6 Å². The minimum atomic E-state index is 0.189. The van der Waals surface area contributed by atoms with Gasteiger partial charge < -0.3 is 10.2 Å². The van der Waals surface area contributed by atoms with Crippen LogP contribution in [-0.4, -0.2) is 49.6 Å². The van der Waals surface area contributed by atoms with Crippen LogP contribution in [0.3, 0.4) is 0 Å². The summed E-state index contributed by atoms with van der Waals surface area (Å²) in [7, 11) is 0. The number of anilines is 1. The highest BCUT2D eigenvalue weighted by Crippen LogP contribution is 2.28. The number of rotatable bonds is 6. The maximum absolute atomic E-state index is 12.3. The Hall–Kier alpha value is -2.32. The number of hydrogen-bond acceptors (Lipinski definition) is 4. The molecule has 0 bridgehead atoms. The van der Waals surface area contributed by atoms with Crippen molar-refractivity contribution in [1.82, 2.24) is 10.2 Å². The molecule has 1 aromatic carbocycles. The molecule has 30 heavy (non-hydrogen) atoms. The van der Waals surface area contributed by atoms with Crippen LogP contribution in [0.2, 0.25) is 0 Å². The van der Waals surface area contributed by atoms with Gasteiger partial charge in [-0.05, 0) is 82.0 Å². The number of piperazine rings is 1. The molecule has 0 atom stereocenters. The van der Waals surface area contributed by atoms with E-state index in [1.165, 1.54) is 31.5 Å². The van der Waals surface area contributed by atoms with E-state index in [4.69, 9.17) is 5.26 Å². The highest BCUT2D eigenvalue weighted by atomic mass is 16.1. The maximum atomic E-state index is 12.3. The number of nitrogens with one attached hydrogen (secondary N) is 1. The van der Waals surface area contributed by atoms with Gasteiger partial charge in [0.25, 0.3) is 0 Å². The fraction of sp³-hybridized carbons (Fsp3) is 0.600. The lowest BCUT2D eigenvalue weighted by atomic mass is 9.84. The van der Waals surface area contributed by atoms with Crippen LogP contribution in [0.15, 0.2) is 35.9 Å². The average molecular weight is 407 g/mol. The number of carbonyl (C=O) groups excluding carboxylic acids is 1. The molecular weight excluding hydrogens is 372 g/mol. The smallest absolute Gasteiger partial charge is 0.247 e. The first kappa shape index (κ1) is 20.9. The van der Waals surface area contributed by atoms with E-state index in [0.29, 0.717) is 6.04 Å². The number of hydrogen-bond donors (Lipinski definition) is 1. The first-order valence-electron chi connectivity index (χ1n) is 11.7. The lowest BCUT2D eigenvalue weighted by Gasteiger charge is -2.37. The Balaban J connectivity index is 1.14. The van der Waals surface area contributed by atoms with Gasteiger partial charge in [-0.25, -0.2) is 0 Å². The van der Waals surface area contributed by atoms with Crippen LogP contribution in [0.1, 0.15) is 56.9 Å². The Labute approximate surface area is 180 Å². The van der Waals surface area contributed by atoms with Gasteiger partial charge in [-0.3, -0.25) is 9.69 Å². The molecule has 1 saturated heterocycles. The van der Waals surface area contributed by atoms with Gasteiger partial charge >= 0.3 is 0 Å². The molecule has 1 saturated carbocycles. The molecule has 3 aliphatic rings. The van der Waals surface area contributed by atoms with Gasteiger partial charge in [-0.1, -0.05) is 12.1 Å². The van der Waals surface area contributed by atoms with Crippen molar-refractivity contribution in [2.24, 2.45) is 5.92 Å². The second-order valence-corrected chi connectivity index (χ2v) is 9.09. The molecule has 1 aliphatic heterocycles. The SMILES string of the molecule is N#Cc1cccc(N2CCN(CC[C@H]3CC[C@H](NC(=O)C4=CCCC4)CC3)CC2)c1. The van der Waals surface area contributed by atoms with E-state index in [2.05, 4.69) is 33.3 Å². The third-order valence-electron chi connectivity index (χ3n) is 7.08. The summed E-state index contributed by atoms with van der Waals surface area (Å²) < 4.78 is 0. The van der Waals surface area contributed by atoms with Crippen LogP contribution in [0.5, 0.6) is 0 Å². The van der Waals surface area contributed by atoms with Crippen molar-refractivity contribution in [3.05, 3.63) is 41.5 Å². The third-order valence-corrected chi connectivity index (χ3v) is 7.08. The minimum Gasteiger partial charge on any atom is -0.369 e. The van der Waals surface area contributed by atoms with E-state index >= 15 is 0 Å². The van der Waals surface area contributed by atoms with Crippen molar-refractivity contribution < 1.29 is 4.79 Å². The molecule has 0 unspecified atom stereocenters. The van der Waals surface area contributed by atoms with Crippen molar-refractivity contribution in [2.45, 2.75) is 57.4 Å². The number of amides is 1. The number of allylic oxidation sites excluding steroid dienone is 1. The van der Waals surface area contributed by atoms with Crippen LogP contribution < -0.4 is 10.2 Å². The first-order valence-corrected chi connectivity index (χ1v) is 11.7. The summed E-state index contributed by atoms with van der Waals surface area (Å²) in [5, 5.41) is 12.4. The monoisotopic (exact) mass is 406 g/mol. The van der Waals surface area contributed by atoms with E-state index < -0.39 is 0 Å². The predicted molar refractivity (Wildman–Crippen MR) is 120 cm³/mol. The van der Waals surface area contributed by atoms with Crippen LogP contribution in [-0.2, 0) is 4.79 Å². The maximum Gasteiger partial charge on any atom is 0.247 e. The molecule has 1 N–H and O–H groups in total. The largest absolute Gasteiger partial charge is 0.369 e. The summed E-state index contributed by atoms with van der Waals surface area (Å²) >= 11 is 0. The lowest BCUT2D eigenvalue weighted by Crippen LogP contribution is -2.47. The van der Waals surface area contributed by atoms with Gasteiger partial charge in [-0.2, -0.15) is 5.26 Å². The summed E-state index contributed by atoms with van der Waals surface area (Å²) in [4.78, 5) is 17.3. The van der Waals surface area contributed by atoms with Gasteiger partial charge in [0, 0.05) is 43.5 Å². The zero-order chi connectivity index (χ0) is 20.8. The molecule has 0 radical (unpaired) electrons. The molecular formula is C25H34N4O. The number of benzene rings is 1. The van der Waals surface area contributed by atoms with Crippen LogP contribution in [0, 0.1) is 17.2 Å². The molecule has 2 aliphatic carbocycles. The lowest BCUT2D eigenvalue weighted by molar-refractivity contribution is -0.118. The second-order valence-electron chi connectivity index (χ2n) is 9.09. The molecule has 4 rings (SSSR count). The zero-order valence-corrected chi connectivity index (χ0v) is 18.0. The number of nitriles is 1. The molecule has 1 amide bonds. The Morgan fingerprint density at radius 2 is 1.93 bits per heavy atom. The van der Waals surface area contributed by atoms with E-state index in [9.17, 15) is 4.79 Å². The first-order chi connectivity index (χ1) is 14.7. The Morgan fingerprint density at radius 3 is 2.63 bits per heavy atom. The van der Waals surface area contributed by atoms with Gasteiger partial charge in [-0.15, -0.1) is 0 Å². The average Bonchev–Trinajstić information content (AvgIpc) is 3.34. The Kier molecular flexibility index (Phi) is 7.07. The van der Waals surface area contributed by atoms with E-state index in [1.807, 2.05) is 18.2 Å². The van der Waals surface area contributed by atoms with Crippen molar-refractivity contribution >= 4 is 11.6 Å². The highest BCUT2D eigenvalue weighted by Gasteiger charge is 2.25. The fourth-order valence-electron chi connectivity index (χ4n) is 5.12. The van der Waals surface area contributed by atoms with Crippen LogP contribution in [0.25, 0.3) is 0 Å². The molecule has 1 aromatic rings. The quantitative estimate of drug-likeness (QED) is 0.779. The molecule has 160 valence electrons. The summed E-state index contributed by atoms with van der Waals surface area (Å²) in [6.45, 7) is 5.43. The standard InChI is InChI=1S/C25H34N4O/c26-19-21-4-3-7-24(18-21)29-16-14-28(15-17-29)13-12-20-8-10-23(11-9-20)27-25(30)22-5-1-2-6-22/h3-5,7,18,20,23H,1-2,6,8-17H2,(H,27,30)/t20-,23-. The molecule has 0 spiro atoms. The van der Waals surface area contributed by atoms with Gasteiger partial charge in [0.2, 0.25) is 5.91 Å². The van der Waals surface area contributed by atoms with Gasteiger partial charge in [0.15, 0.2) is 0 Å². The van der Waals surface area contributed by atoms with E-state index in [0.717, 1.165) is 75.3 Å². The van der Waals surface area contributed by atoms with Gasteiger partial charge in [0.1, 0.15) is 0 Å². The fourth-order valence-corrected chi connectivity index (χ4v) is 5.12. The number of nitrogens with zero attached hydrogens (tertiary/aromatic N) is 3. The molecule has 5 nitrogen and oxygen atoms in total. The summed E-state index contributed by atoms with van der Waals surface area (Å²) in [5.74, 6) is 0.989. The van der Waals surface area contributed by atoms with Crippen LogP contribution >= 0.6 is 0 Å². The van der Waals surface area contributed by atoms with E-state index in [1.54, 1.807) is 0 Å². The van der Waals surface area contributed by atoms with Crippen LogP contribution in [0.4, 0.5) is 5.69 Å². The molecule has 5 heteroatoms. The summed E-state index contributed by atoms with van der Waals surface area (Å²) in [5.41, 5.74) is 2.92. The Bertz CT molecular complexity index is 796. The summed E-state index contributed by atoms with van der Waals surface area (Å²) in [6.07, 6.45) is 11.3. The third kappa shape index (κ3) is 5.43. The zero-order valence-electron chi connectivity index (χ0n) is 18.0. The van der Waals surface area contributed by atoms with Crippen molar-refractivity contribution in [1.29, 1.82) is 5.26 Å². The van der Waals surface area contributed by atoms with E-state index in [-0.39, 0.29) is 5.91 Å². The minimum absolute atomic E-state index is 0.189. The molecule has 0 aromatic heterocycles. The predicted octanol–water partition coefficient (Wildman–Crippen LogP) is 3.86. The summed E-state index contributed by atoms with van der Waals surface area (Å²) in [6, 6.07) is 10.6. The highest BCUT2D eigenvalue weighted by molar-refractivity contribution is 5.93.